The molecule has 1 aromatic carbocycles. The van der Waals surface area contributed by atoms with Crippen LogP contribution in [0.15, 0.2) is 36.7 Å². The number of nitrogens with zero attached hydrogens (tertiary/aromatic N) is 3. The number of carbonyl (C=O) groups is 1. The van der Waals surface area contributed by atoms with Crippen LogP contribution in [-0.2, 0) is 0 Å². The zero-order valence-corrected chi connectivity index (χ0v) is 15.9. The summed E-state index contributed by atoms with van der Waals surface area (Å²) < 4.78 is 16.4. The zero-order chi connectivity index (χ0) is 19.1. The molecule has 8 heteroatoms. The molecule has 0 atom stereocenters. The molecule has 0 saturated heterocycles. The molecule has 0 unspecified atom stereocenters. The molecular weight excluding hydrogens is 390 g/mol. The summed E-state index contributed by atoms with van der Waals surface area (Å²) in [5.74, 6) is -0.584. The Labute approximate surface area is 165 Å². The standard InChI is InChI=1S/C19H15Cl2FN4O/c1-10-6-17(11-2-3-11)26(25-10)16-5-4-12(7-15(16)22)24-19(27)18-13(20)8-23-9-14(18)21/h4-9,11H,2-3H2,1H3,(H,24,27). The summed E-state index contributed by atoms with van der Waals surface area (Å²) >= 11 is 12.0. The van der Waals surface area contributed by atoms with E-state index in [-0.39, 0.29) is 15.6 Å². The van der Waals surface area contributed by atoms with Crippen LogP contribution in [0.25, 0.3) is 5.69 Å². The molecule has 0 aliphatic heterocycles. The van der Waals surface area contributed by atoms with Gasteiger partial charge in [0.15, 0.2) is 5.82 Å². The predicted octanol–water partition coefficient (Wildman–Crippen LogP) is 5.15. The Hall–Kier alpha value is -2.44. The Balaban J connectivity index is 1.62. The number of aryl methyl sites for hydroxylation is 1. The van der Waals surface area contributed by atoms with Crippen molar-refractivity contribution in [2.75, 3.05) is 5.32 Å². The number of nitrogens with one attached hydrogen (secondary N) is 1. The molecule has 1 fully saturated rings. The summed E-state index contributed by atoms with van der Waals surface area (Å²) in [6, 6.07) is 6.45. The second-order valence-corrected chi connectivity index (χ2v) is 7.31. The molecule has 1 aliphatic carbocycles. The van der Waals surface area contributed by atoms with Gasteiger partial charge in [0.05, 0.1) is 21.3 Å². The van der Waals surface area contributed by atoms with Crippen molar-refractivity contribution in [3.63, 3.8) is 0 Å². The van der Waals surface area contributed by atoms with Crippen molar-refractivity contribution >= 4 is 34.8 Å². The fourth-order valence-electron chi connectivity index (χ4n) is 2.96. The van der Waals surface area contributed by atoms with Crippen LogP contribution < -0.4 is 5.32 Å². The van der Waals surface area contributed by atoms with Crippen molar-refractivity contribution in [2.24, 2.45) is 0 Å². The van der Waals surface area contributed by atoms with Gasteiger partial charge in [-0.25, -0.2) is 9.07 Å². The Morgan fingerprint density at radius 3 is 2.56 bits per heavy atom. The number of hydrogen-bond donors (Lipinski definition) is 1. The van der Waals surface area contributed by atoms with Crippen LogP contribution in [0.5, 0.6) is 0 Å². The summed E-state index contributed by atoms with van der Waals surface area (Å²) in [4.78, 5) is 16.2. The third-order valence-electron chi connectivity index (χ3n) is 4.37. The minimum atomic E-state index is -0.534. The Morgan fingerprint density at radius 1 is 1.22 bits per heavy atom. The van der Waals surface area contributed by atoms with Gasteiger partial charge in [-0.2, -0.15) is 5.10 Å². The lowest BCUT2D eigenvalue weighted by Gasteiger charge is -2.11. The molecule has 0 spiro atoms. The second-order valence-electron chi connectivity index (χ2n) is 6.50. The maximum atomic E-state index is 14.7. The number of hydrogen-bond acceptors (Lipinski definition) is 3. The predicted molar refractivity (Wildman–Crippen MR) is 102 cm³/mol. The Kier molecular flexibility index (Phi) is 4.61. The normalized spacial score (nSPS) is 13.6. The van der Waals surface area contributed by atoms with Crippen LogP contribution in [0.3, 0.4) is 0 Å². The molecule has 1 aliphatic rings. The van der Waals surface area contributed by atoms with Crippen molar-refractivity contribution in [3.05, 3.63) is 69.5 Å². The van der Waals surface area contributed by atoms with Gasteiger partial charge in [-0.15, -0.1) is 0 Å². The van der Waals surface area contributed by atoms with Crippen molar-refractivity contribution in [3.8, 4) is 5.69 Å². The molecule has 0 radical (unpaired) electrons. The molecular formula is C19H15Cl2FN4O. The van der Waals surface area contributed by atoms with Gasteiger partial charge in [0.25, 0.3) is 5.91 Å². The number of aromatic nitrogens is 3. The van der Waals surface area contributed by atoms with Gasteiger partial charge in [0.1, 0.15) is 5.69 Å². The highest BCUT2D eigenvalue weighted by atomic mass is 35.5. The topological polar surface area (TPSA) is 59.8 Å². The maximum absolute atomic E-state index is 14.7. The molecule has 1 amide bonds. The average molecular weight is 405 g/mol. The Bertz CT molecular complexity index is 1030. The van der Waals surface area contributed by atoms with Crippen molar-refractivity contribution in [2.45, 2.75) is 25.7 Å². The first kappa shape index (κ1) is 17.9. The minimum absolute atomic E-state index is 0.0940. The highest BCUT2D eigenvalue weighted by Crippen LogP contribution is 2.41. The van der Waals surface area contributed by atoms with Crippen LogP contribution in [0.1, 0.15) is 40.5 Å². The number of rotatable bonds is 4. The van der Waals surface area contributed by atoms with E-state index in [1.165, 1.54) is 18.5 Å². The van der Waals surface area contributed by atoms with Crippen molar-refractivity contribution in [1.82, 2.24) is 14.8 Å². The molecule has 3 aromatic rings. The molecule has 0 bridgehead atoms. The number of anilines is 1. The van der Waals surface area contributed by atoms with E-state index in [0.29, 0.717) is 17.3 Å². The van der Waals surface area contributed by atoms with Crippen LogP contribution in [0.2, 0.25) is 10.0 Å². The SMILES string of the molecule is Cc1cc(C2CC2)n(-c2ccc(NC(=O)c3c(Cl)cncc3Cl)cc2F)n1. The number of halogens is 3. The molecule has 2 heterocycles. The number of carbonyl (C=O) groups excluding carboxylic acids is 1. The first-order valence-corrected chi connectivity index (χ1v) is 9.16. The smallest absolute Gasteiger partial charge is 0.258 e. The fraction of sp³-hybridized carbons (Fsp3) is 0.211. The lowest BCUT2D eigenvalue weighted by molar-refractivity contribution is 0.102. The van der Waals surface area contributed by atoms with Crippen LogP contribution in [-0.4, -0.2) is 20.7 Å². The van der Waals surface area contributed by atoms with Gasteiger partial charge in [-0.3, -0.25) is 9.78 Å². The monoisotopic (exact) mass is 404 g/mol. The summed E-state index contributed by atoms with van der Waals surface area (Å²) in [7, 11) is 0. The highest BCUT2D eigenvalue weighted by Gasteiger charge is 2.29. The third-order valence-corrected chi connectivity index (χ3v) is 4.94. The molecule has 1 N–H and O–H groups in total. The van der Waals surface area contributed by atoms with Crippen LogP contribution in [0, 0.1) is 12.7 Å². The first-order chi connectivity index (χ1) is 12.9. The largest absolute Gasteiger partial charge is 0.322 e. The molecule has 4 rings (SSSR count). The molecule has 2 aromatic heterocycles. The Morgan fingerprint density at radius 2 is 1.93 bits per heavy atom. The summed E-state index contributed by atoms with van der Waals surface area (Å²) in [5.41, 5.74) is 2.59. The van der Waals surface area contributed by atoms with Gasteiger partial charge in [0, 0.05) is 29.7 Å². The van der Waals surface area contributed by atoms with Gasteiger partial charge in [0.2, 0.25) is 0 Å². The summed E-state index contributed by atoms with van der Waals surface area (Å²) in [6.07, 6.45) is 4.83. The van der Waals surface area contributed by atoms with E-state index in [4.69, 9.17) is 23.2 Å². The van der Waals surface area contributed by atoms with E-state index in [1.54, 1.807) is 16.8 Å². The number of amides is 1. The van der Waals surface area contributed by atoms with Crippen LogP contribution in [0.4, 0.5) is 10.1 Å². The van der Waals surface area contributed by atoms with Crippen LogP contribution >= 0.6 is 23.2 Å². The lowest BCUT2D eigenvalue weighted by atomic mass is 10.2. The fourth-order valence-corrected chi connectivity index (χ4v) is 3.50. The van der Waals surface area contributed by atoms with E-state index in [9.17, 15) is 9.18 Å². The van der Waals surface area contributed by atoms with Gasteiger partial charge in [-0.1, -0.05) is 23.2 Å². The lowest BCUT2D eigenvalue weighted by Crippen LogP contribution is -2.14. The molecule has 1 saturated carbocycles. The number of benzene rings is 1. The van der Waals surface area contributed by atoms with E-state index in [2.05, 4.69) is 15.4 Å². The number of pyridine rings is 1. The minimum Gasteiger partial charge on any atom is -0.322 e. The van der Waals surface area contributed by atoms with E-state index in [0.717, 1.165) is 24.2 Å². The van der Waals surface area contributed by atoms with Gasteiger partial charge in [-0.05, 0) is 44.0 Å². The molecule has 5 nitrogen and oxygen atoms in total. The quantitative estimate of drug-likeness (QED) is 0.653. The van der Waals surface area contributed by atoms with E-state index in [1.807, 2.05) is 13.0 Å². The highest BCUT2D eigenvalue weighted by molar-refractivity contribution is 6.40. The average Bonchev–Trinajstić information content (AvgIpc) is 3.37. The maximum Gasteiger partial charge on any atom is 0.258 e. The second kappa shape index (κ2) is 6.94. The molecule has 27 heavy (non-hydrogen) atoms. The summed E-state index contributed by atoms with van der Waals surface area (Å²) in [5, 5.41) is 7.27. The first-order valence-electron chi connectivity index (χ1n) is 8.41. The zero-order valence-electron chi connectivity index (χ0n) is 14.3. The van der Waals surface area contributed by atoms with E-state index >= 15 is 0 Å². The summed E-state index contributed by atoms with van der Waals surface area (Å²) in [6.45, 7) is 1.89. The van der Waals surface area contributed by atoms with E-state index < -0.39 is 11.7 Å². The molecule has 138 valence electrons. The van der Waals surface area contributed by atoms with Gasteiger partial charge >= 0.3 is 0 Å². The van der Waals surface area contributed by atoms with Crippen molar-refractivity contribution in [1.29, 1.82) is 0 Å². The van der Waals surface area contributed by atoms with Gasteiger partial charge < -0.3 is 5.32 Å². The van der Waals surface area contributed by atoms with Crippen molar-refractivity contribution < 1.29 is 9.18 Å². The third kappa shape index (κ3) is 3.55.